The highest BCUT2D eigenvalue weighted by molar-refractivity contribution is 5.19. The van der Waals surface area contributed by atoms with E-state index in [1.807, 2.05) is 5.92 Å². The van der Waals surface area contributed by atoms with Gasteiger partial charge in [-0.05, 0) is 0 Å². The van der Waals surface area contributed by atoms with E-state index in [1.165, 1.54) is 6.20 Å². The highest BCUT2D eigenvalue weighted by Crippen LogP contribution is 2.36. The monoisotopic (exact) mass is 283 g/mol. The largest absolute Gasteiger partial charge is 0.408 e. The van der Waals surface area contributed by atoms with Gasteiger partial charge in [0.25, 0.3) is 5.56 Å². The molecule has 1 aromatic rings. The SMILES string of the molecule is C#C[C@@]1(O)[C@H](O)[C@@H](CO)O[C@H]1n1ccc(=O)[nH]/c1=N\O. The fourth-order valence-electron chi connectivity index (χ4n) is 2.05. The summed E-state index contributed by atoms with van der Waals surface area (Å²) in [6.45, 7) is -0.572. The molecule has 0 amide bonds. The minimum atomic E-state index is -2.16. The van der Waals surface area contributed by atoms with Crippen LogP contribution < -0.4 is 11.2 Å². The summed E-state index contributed by atoms with van der Waals surface area (Å²) in [6.07, 6.45) is 2.39. The Morgan fingerprint density at radius 3 is 2.90 bits per heavy atom. The molecule has 2 heterocycles. The third-order valence-corrected chi connectivity index (χ3v) is 3.11. The van der Waals surface area contributed by atoms with Crippen molar-refractivity contribution >= 4 is 0 Å². The van der Waals surface area contributed by atoms with Gasteiger partial charge in [0, 0.05) is 12.3 Å². The van der Waals surface area contributed by atoms with E-state index in [2.05, 4.69) is 10.1 Å². The van der Waals surface area contributed by atoms with Gasteiger partial charge in [0.2, 0.25) is 5.62 Å². The summed E-state index contributed by atoms with van der Waals surface area (Å²) < 4.78 is 6.32. The average Bonchev–Trinajstić information content (AvgIpc) is 2.72. The van der Waals surface area contributed by atoms with Gasteiger partial charge in [-0.15, -0.1) is 6.42 Å². The number of aliphatic hydroxyl groups is 3. The predicted molar refractivity (Wildman–Crippen MR) is 63.2 cm³/mol. The number of rotatable bonds is 2. The van der Waals surface area contributed by atoms with Gasteiger partial charge in [0.1, 0.15) is 12.2 Å². The Balaban J connectivity index is 2.58. The van der Waals surface area contributed by atoms with Crippen LogP contribution in [0.15, 0.2) is 22.2 Å². The first-order valence-electron chi connectivity index (χ1n) is 5.62. The Morgan fingerprint density at radius 1 is 1.65 bits per heavy atom. The number of hydrogen-bond donors (Lipinski definition) is 5. The summed E-state index contributed by atoms with van der Waals surface area (Å²) in [6, 6.07) is 1.09. The zero-order valence-corrected chi connectivity index (χ0v) is 10.2. The number of terminal acetylenes is 1. The van der Waals surface area contributed by atoms with E-state index in [4.69, 9.17) is 21.5 Å². The number of nitrogens with zero attached hydrogens (tertiary/aromatic N) is 2. The van der Waals surface area contributed by atoms with Crippen molar-refractivity contribution in [1.82, 2.24) is 9.55 Å². The summed E-state index contributed by atoms with van der Waals surface area (Å²) in [5.41, 5.74) is -3.03. The highest BCUT2D eigenvalue weighted by Gasteiger charge is 2.55. The topological polar surface area (TPSA) is 140 Å². The van der Waals surface area contributed by atoms with Crippen LogP contribution in [0.1, 0.15) is 6.23 Å². The van der Waals surface area contributed by atoms with E-state index in [9.17, 15) is 15.0 Å². The van der Waals surface area contributed by atoms with E-state index < -0.39 is 36.2 Å². The molecule has 1 fully saturated rings. The zero-order chi connectivity index (χ0) is 14.9. The molecule has 0 bridgehead atoms. The lowest BCUT2D eigenvalue weighted by atomic mass is 9.95. The van der Waals surface area contributed by atoms with Crippen LogP contribution in [0.2, 0.25) is 0 Å². The zero-order valence-electron chi connectivity index (χ0n) is 10.2. The van der Waals surface area contributed by atoms with Crippen LogP contribution in [0.3, 0.4) is 0 Å². The second-order valence-corrected chi connectivity index (χ2v) is 4.26. The van der Waals surface area contributed by atoms with Crippen LogP contribution in [0, 0.1) is 12.3 Å². The van der Waals surface area contributed by atoms with Crippen molar-refractivity contribution in [2.24, 2.45) is 5.16 Å². The maximum absolute atomic E-state index is 11.2. The summed E-state index contributed by atoms with van der Waals surface area (Å²) in [7, 11) is 0. The van der Waals surface area contributed by atoms with Gasteiger partial charge in [-0.25, -0.2) is 0 Å². The Hall–Kier alpha value is -2.12. The summed E-state index contributed by atoms with van der Waals surface area (Å²) in [4.78, 5) is 13.4. The molecule has 4 atom stereocenters. The first-order chi connectivity index (χ1) is 9.47. The van der Waals surface area contributed by atoms with Crippen LogP contribution in [0.25, 0.3) is 0 Å². The normalized spacial score (nSPS) is 34.1. The maximum atomic E-state index is 11.2. The van der Waals surface area contributed by atoms with E-state index in [-0.39, 0.29) is 5.62 Å². The smallest absolute Gasteiger partial charge is 0.252 e. The number of aromatic amines is 1. The summed E-state index contributed by atoms with van der Waals surface area (Å²) in [5, 5.41) is 41.0. The maximum Gasteiger partial charge on any atom is 0.252 e. The summed E-state index contributed by atoms with van der Waals surface area (Å²) >= 11 is 0. The van der Waals surface area contributed by atoms with Crippen molar-refractivity contribution < 1.29 is 25.3 Å². The molecule has 0 aliphatic carbocycles. The third kappa shape index (κ3) is 2.00. The number of aliphatic hydroxyl groups excluding tert-OH is 2. The molecule has 1 aromatic heterocycles. The number of nitrogens with one attached hydrogen (secondary N) is 1. The standard InChI is InChI=1S/C11H13N3O6/c1-2-11(18)8(17)6(5-15)20-9(11)14-4-3-7(16)12-10(14)13-19/h1,3-4,6,8-9,15,17-19H,5H2,(H,12,13,16)/t6-,8-,9-,11-/m1/s1. The predicted octanol–water partition coefficient (Wildman–Crippen LogP) is -2.92. The van der Waals surface area contributed by atoms with Crippen molar-refractivity contribution in [3.63, 3.8) is 0 Å². The number of H-pyrrole nitrogens is 1. The molecule has 0 radical (unpaired) electrons. The lowest BCUT2D eigenvalue weighted by Gasteiger charge is -2.26. The quantitative estimate of drug-likeness (QED) is 0.224. The molecule has 20 heavy (non-hydrogen) atoms. The molecule has 0 saturated carbocycles. The molecular formula is C11H13N3O6. The second kappa shape index (κ2) is 5.10. The Kier molecular flexibility index (Phi) is 3.65. The second-order valence-electron chi connectivity index (χ2n) is 4.26. The molecule has 0 aromatic carbocycles. The van der Waals surface area contributed by atoms with Crippen molar-refractivity contribution in [3.8, 4) is 12.3 Å². The summed E-state index contributed by atoms with van der Waals surface area (Å²) in [5.74, 6) is 2.00. The van der Waals surface area contributed by atoms with Gasteiger partial charge in [0.05, 0.1) is 6.61 Å². The van der Waals surface area contributed by atoms with E-state index >= 15 is 0 Å². The van der Waals surface area contributed by atoms with Gasteiger partial charge >= 0.3 is 0 Å². The number of hydrogen-bond acceptors (Lipinski definition) is 7. The molecular weight excluding hydrogens is 270 g/mol. The van der Waals surface area contributed by atoms with Gasteiger partial charge < -0.3 is 25.3 Å². The Bertz CT molecular complexity index is 659. The lowest BCUT2D eigenvalue weighted by Crippen LogP contribution is -2.48. The fraction of sp³-hybridized carbons (Fsp3) is 0.455. The van der Waals surface area contributed by atoms with Gasteiger partial charge in [-0.2, -0.15) is 0 Å². The molecule has 1 saturated heterocycles. The van der Waals surface area contributed by atoms with Crippen LogP contribution >= 0.6 is 0 Å². The van der Waals surface area contributed by atoms with Gasteiger partial charge in [0.15, 0.2) is 11.8 Å². The fourth-order valence-corrected chi connectivity index (χ4v) is 2.05. The number of aromatic nitrogens is 2. The average molecular weight is 283 g/mol. The van der Waals surface area contributed by atoms with E-state index in [0.717, 1.165) is 10.6 Å². The first kappa shape index (κ1) is 14.3. The highest BCUT2D eigenvalue weighted by atomic mass is 16.6. The number of ether oxygens (including phenoxy) is 1. The van der Waals surface area contributed by atoms with Crippen molar-refractivity contribution in [3.05, 3.63) is 28.2 Å². The molecule has 108 valence electrons. The van der Waals surface area contributed by atoms with Crippen LogP contribution in [0.5, 0.6) is 0 Å². The minimum Gasteiger partial charge on any atom is -0.408 e. The molecule has 2 rings (SSSR count). The van der Waals surface area contributed by atoms with E-state index in [1.54, 1.807) is 0 Å². The molecule has 1 aliphatic rings. The molecule has 9 heteroatoms. The van der Waals surface area contributed by atoms with Gasteiger partial charge in [-0.3, -0.25) is 14.3 Å². The van der Waals surface area contributed by atoms with Crippen molar-refractivity contribution in [2.75, 3.05) is 6.61 Å². The Morgan fingerprint density at radius 2 is 2.35 bits per heavy atom. The van der Waals surface area contributed by atoms with Gasteiger partial charge in [-0.1, -0.05) is 11.1 Å². The molecule has 0 unspecified atom stereocenters. The first-order valence-corrected chi connectivity index (χ1v) is 5.62. The molecule has 9 nitrogen and oxygen atoms in total. The van der Waals surface area contributed by atoms with E-state index in [0.29, 0.717) is 0 Å². The van der Waals surface area contributed by atoms with Crippen LogP contribution in [0.4, 0.5) is 0 Å². The molecule has 0 spiro atoms. The van der Waals surface area contributed by atoms with Crippen molar-refractivity contribution in [1.29, 1.82) is 0 Å². The molecule has 1 aliphatic heterocycles. The minimum absolute atomic E-state index is 0.332. The van der Waals surface area contributed by atoms with Crippen LogP contribution in [-0.2, 0) is 4.74 Å². The Labute approximate surface area is 112 Å². The van der Waals surface area contributed by atoms with Crippen molar-refractivity contribution in [2.45, 2.75) is 24.0 Å². The third-order valence-electron chi connectivity index (χ3n) is 3.11. The van der Waals surface area contributed by atoms with Crippen LogP contribution in [-0.4, -0.2) is 54.5 Å². The lowest BCUT2D eigenvalue weighted by molar-refractivity contribution is -0.0776. The molecule has 5 N–H and O–H groups in total.